The Bertz CT molecular complexity index is 908. The first-order valence-electron chi connectivity index (χ1n) is 7.79. The summed E-state index contributed by atoms with van der Waals surface area (Å²) in [6, 6.07) is 7.86. The van der Waals surface area contributed by atoms with Crippen LogP contribution in [0.15, 0.2) is 42.9 Å². The van der Waals surface area contributed by atoms with E-state index in [1.807, 2.05) is 35.8 Å². The van der Waals surface area contributed by atoms with Crippen molar-refractivity contribution >= 4 is 17.4 Å². The van der Waals surface area contributed by atoms with Gasteiger partial charge in [-0.05, 0) is 18.6 Å². The molecule has 2 aromatic heterocycles. The van der Waals surface area contributed by atoms with Gasteiger partial charge in [0.2, 0.25) is 0 Å². The van der Waals surface area contributed by atoms with Gasteiger partial charge in [-0.1, -0.05) is 18.2 Å². The molecule has 3 aromatic rings. The van der Waals surface area contributed by atoms with E-state index in [2.05, 4.69) is 9.97 Å². The molecular formula is C18H17F2N3O2. The predicted octanol–water partition coefficient (Wildman–Crippen LogP) is 3.76. The molecule has 0 saturated heterocycles. The largest absolute Gasteiger partial charge is 0.483 e. The van der Waals surface area contributed by atoms with E-state index in [0.717, 1.165) is 27.9 Å². The van der Waals surface area contributed by atoms with Gasteiger partial charge in [-0.3, -0.25) is 9.78 Å². The first-order valence-corrected chi connectivity index (χ1v) is 7.79. The predicted molar refractivity (Wildman–Crippen MR) is 89.4 cm³/mol. The van der Waals surface area contributed by atoms with Crippen molar-refractivity contribution in [2.45, 2.75) is 25.8 Å². The highest BCUT2D eigenvalue weighted by Gasteiger charge is 2.56. The average Bonchev–Trinajstić information content (AvgIpc) is 2.96. The molecule has 0 bridgehead atoms. The smallest absolute Gasteiger partial charge is 0.290 e. The van der Waals surface area contributed by atoms with E-state index in [1.165, 1.54) is 0 Å². The van der Waals surface area contributed by atoms with Gasteiger partial charge in [-0.25, -0.2) is 13.8 Å². The molecule has 1 aliphatic rings. The Labute approximate surface area is 143 Å². The number of pyridine rings is 1. The molecule has 1 atom stereocenters. The Morgan fingerprint density at radius 1 is 1.32 bits per heavy atom. The van der Waals surface area contributed by atoms with E-state index in [4.69, 9.17) is 9.90 Å². The average molecular weight is 345 g/mol. The molecule has 0 amide bonds. The number of hydrogen-bond donors (Lipinski definition) is 1. The Hall–Kier alpha value is -2.83. The van der Waals surface area contributed by atoms with Crippen LogP contribution in [0.3, 0.4) is 0 Å². The Morgan fingerprint density at radius 3 is 2.72 bits per heavy atom. The van der Waals surface area contributed by atoms with E-state index in [-0.39, 0.29) is 12.9 Å². The van der Waals surface area contributed by atoms with Crippen molar-refractivity contribution in [1.82, 2.24) is 14.5 Å². The third kappa shape index (κ3) is 3.35. The second-order valence-corrected chi connectivity index (χ2v) is 6.00. The van der Waals surface area contributed by atoms with Crippen LogP contribution in [0.2, 0.25) is 0 Å². The minimum absolute atomic E-state index is 0.0270. The van der Waals surface area contributed by atoms with Crippen molar-refractivity contribution in [2.75, 3.05) is 0 Å². The Balaban J connectivity index is 0.000000569. The molecule has 0 spiro atoms. The molecule has 1 unspecified atom stereocenters. The van der Waals surface area contributed by atoms with Crippen LogP contribution >= 0.6 is 0 Å². The fraction of sp³-hybridized carbons (Fsp3) is 0.278. The van der Waals surface area contributed by atoms with Crippen molar-refractivity contribution in [1.29, 1.82) is 0 Å². The van der Waals surface area contributed by atoms with Crippen molar-refractivity contribution in [3.63, 3.8) is 0 Å². The molecule has 130 valence electrons. The summed E-state index contributed by atoms with van der Waals surface area (Å²) in [5.41, 5.74) is 2.94. The fourth-order valence-corrected chi connectivity index (χ4v) is 2.91. The lowest BCUT2D eigenvalue weighted by atomic mass is 10.0. The zero-order valence-corrected chi connectivity index (χ0v) is 13.6. The van der Waals surface area contributed by atoms with E-state index >= 15 is 0 Å². The summed E-state index contributed by atoms with van der Waals surface area (Å²) >= 11 is 0. The summed E-state index contributed by atoms with van der Waals surface area (Å²) in [6.07, 6.45) is 5.17. The Kier molecular flexibility index (Phi) is 4.48. The molecular weight excluding hydrogens is 328 g/mol. The van der Waals surface area contributed by atoms with Crippen LogP contribution < -0.4 is 0 Å². The molecule has 1 aromatic carbocycles. The third-order valence-corrected chi connectivity index (χ3v) is 4.30. The number of alkyl halides is 2. The van der Waals surface area contributed by atoms with Gasteiger partial charge < -0.3 is 9.67 Å². The van der Waals surface area contributed by atoms with Crippen LogP contribution in [0.4, 0.5) is 8.78 Å². The van der Waals surface area contributed by atoms with Gasteiger partial charge >= 0.3 is 0 Å². The molecule has 5 nitrogen and oxygen atoms in total. The van der Waals surface area contributed by atoms with Gasteiger partial charge in [-0.15, -0.1) is 0 Å². The second-order valence-electron chi connectivity index (χ2n) is 6.00. The number of imidazole rings is 1. The molecule has 0 radical (unpaired) electrons. The first kappa shape index (κ1) is 17.0. The summed E-state index contributed by atoms with van der Waals surface area (Å²) in [4.78, 5) is 17.2. The standard InChI is InChI=1S/C17H15F2N3.CH2O2/c1-11-4-5-14(13-3-2-6-20-15(11)13)16-21-7-8-22(16)10-12-9-17(12,18)19;2-1-3/h2-8,12H,9-10H2,1H3;1H,(H,2,3). The maximum atomic E-state index is 13.2. The molecule has 2 heterocycles. The quantitative estimate of drug-likeness (QED) is 0.734. The zero-order chi connectivity index (χ0) is 18.0. The van der Waals surface area contributed by atoms with Crippen LogP contribution in [0.25, 0.3) is 22.3 Å². The van der Waals surface area contributed by atoms with Gasteiger partial charge in [0.1, 0.15) is 5.82 Å². The summed E-state index contributed by atoms with van der Waals surface area (Å²) in [6.45, 7) is 2.06. The van der Waals surface area contributed by atoms with Gasteiger partial charge in [0, 0.05) is 48.4 Å². The number of halogens is 2. The number of hydrogen-bond acceptors (Lipinski definition) is 3. The highest BCUT2D eigenvalue weighted by molar-refractivity contribution is 5.94. The minimum atomic E-state index is -2.52. The molecule has 25 heavy (non-hydrogen) atoms. The van der Waals surface area contributed by atoms with Crippen molar-refractivity contribution < 1.29 is 18.7 Å². The zero-order valence-electron chi connectivity index (χ0n) is 13.6. The van der Waals surface area contributed by atoms with Crippen LogP contribution in [0, 0.1) is 12.8 Å². The highest BCUT2D eigenvalue weighted by Crippen LogP contribution is 2.49. The monoisotopic (exact) mass is 345 g/mol. The molecule has 1 aliphatic carbocycles. The number of fused-ring (bicyclic) bond motifs is 1. The van der Waals surface area contributed by atoms with E-state index in [9.17, 15) is 8.78 Å². The van der Waals surface area contributed by atoms with Crippen LogP contribution in [0.1, 0.15) is 12.0 Å². The maximum Gasteiger partial charge on any atom is 0.290 e. The number of carbonyl (C=O) groups is 1. The number of benzene rings is 1. The Morgan fingerprint density at radius 2 is 2.04 bits per heavy atom. The van der Waals surface area contributed by atoms with Gasteiger partial charge in [0.05, 0.1) is 5.52 Å². The summed E-state index contributed by atoms with van der Waals surface area (Å²) in [5, 5.41) is 7.89. The van der Waals surface area contributed by atoms with Gasteiger partial charge in [0.25, 0.3) is 12.4 Å². The maximum absolute atomic E-state index is 13.2. The van der Waals surface area contributed by atoms with Crippen molar-refractivity contribution in [3.8, 4) is 11.4 Å². The topological polar surface area (TPSA) is 68.0 Å². The summed E-state index contributed by atoms with van der Waals surface area (Å²) < 4.78 is 28.2. The number of aryl methyl sites for hydroxylation is 1. The molecule has 7 heteroatoms. The SMILES string of the molecule is Cc1ccc(-c2nccn2CC2CC2(F)F)c2cccnc12.O=CO. The molecule has 0 aliphatic heterocycles. The van der Waals surface area contributed by atoms with Crippen LogP contribution in [-0.4, -0.2) is 32.0 Å². The van der Waals surface area contributed by atoms with Gasteiger partial charge in [-0.2, -0.15) is 0 Å². The third-order valence-electron chi connectivity index (χ3n) is 4.30. The normalized spacial score (nSPS) is 17.6. The molecule has 1 N–H and O–H groups in total. The molecule has 4 rings (SSSR count). The molecule has 1 saturated carbocycles. The van der Waals surface area contributed by atoms with Crippen LogP contribution in [0.5, 0.6) is 0 Å². The lowest BCUT2D eigenvalue weighted by Gasteiger charge is -2.11. The van der Waals surface area contributed by atoms with E-state index < -0.39 is 11.8 Å². The summed E-state index contributed by atoms with van der Waals surface area (Å²) in [7, 11) is 0. The lowest BCUT2D eigenvalue weighted by molar-refractivity contribution is -0.122. The lowest BCUT2D eigenvalue weighted by Crippen LogP contribution is -2.06. The number of aromatic nitrogens is 3. The minimum Gasteiger partial charge on any atom is -0.483 e. The van der Waals surface area contributed by atoms with Gasteiger partial charge in [0.15, 0.2) is 0 Å². The second kappa shape index (κ2) is 6.58. The number of nitrogens with zero attached hydrogens (tertiary/aromatic N) is 3. The summed E-state index contributed by atoms with van der Waals surface area (Å²) in [5.74, 6) is -2.37. The molecule has 1 fully saturated rings. The van der Waals surface area contributed by atoms with Crippen LogP contribution in [-0.2, 0) is 11.3 Å². The number of rotatable bonds is 3. The first-order chi connectivity index (χ1) is 12.0. The highest BCUT2D eigenvalue weighted by atomic mass is 19.3. The van der Waals surface area contributed by atoms with E-state index in [0.29, 0.717) is 6.54 Å². The number of carboxylic acid groups (broad SMARTS) is 1. The van der Waals surface area contributed by atoms with E-state index in [1.54, 1.807) is 18.6 Å². The fourth-order valence-electron chi connectivity index (χ4n) is 2.91. The van der Waals surface area contributed by atoms with Crippen molar-refractivity contribution in [3.05, 3.63) is 48.4 Å². The van der Waals surface area contributed by atoms with Crippen molar-refractivity contribution in [2.24, 2.45) is 5.92 Å².